The molecular formula is C17H25N5O. The molecule has 1 amide bonds. The first kappa shape index (κ1) is 16.0. The number of aromatic nitrogens is 2. The third kappa shape index (κ3) is 3.09. The Hall–Kier alpha value is -1.92. The number of carbonyl (C=O) groups excluding carboxylic acids is 1. The Morgan fingerprint density at radius 2 is 2.26 bits per heavy atom. The van der Waals surface area contributed by atoms with Crippen molar-refractivity contribution in [3.8, 4) is 0 Å². The Balaban J connectivity index is 1.83. The van der Waals surface area contributed by atoms with Crippen molar-refractivity contribution in [2.45, 2.75) is 32.4 Å². The molecule has 1 aliphatic heterocycles. The molecule has 0 saturated carbocycles. The topological polar surface area (TPSA) is 61.7 Å². The number of aryl methyl sites for hydroxylation is 1. The summed E-state index contributed by atoms with van der Waals surface area (Å²) in [5.74, 6) is 0.861. The summed E-state index contributed by atoms with van der Waals surface area (Å²) < 4.78 is 2.05. The largest absolute Gasteiger partial charge is 0.343 e. The second-order valence-corrected chi connectivity index (χ2v) is 6.91. The first-order chi connectivity index (χ1) is 10.9. The molecule has 1 aliphatic rings. The lowest BCUT2D eigenvalue weighted by atomic mass is 10.0. The maximum atomic E-state index is 12.6. The molecule has 2 aromatic rings. The molecule has 6 heteroatoms. The summed E-state index contributed by atoms with van der Waals surface area (Å²) in [4.78, 5) is 19.3. The van der Waals surface area contributed by atoms with Crippen LogP contribution >= 0.6 is 0 Å². The summed E-state index contributed by atoms with van der Waals surface area (Å²) in [6.07, 6.45) is 3.86. The van der Waals surface area contributed by atoms with Gasteiger partial charge in [0.15, 0.2) is 0 Å². The van der Waals surface area contributed by atoms with Gasteiger partial charge in [-0.15, -0.1) is 0 Å². The molecule has 1 atom stereocenters. The molecule has 0 aromatic carbocycles. The van der Waals surface area contributed by atoms with Crippen LogP contribution in [0.3, 0.4) is 0 Å². The van der Waals surface area contributed by atoms with E-state index in [1.807, 2.05) is 39.4 Å². The molecule has 3 heterocycles. The fourth-order valence-electron chi connectivity index (χ4n) is 3.15. The monoisotopic (exact) mass is 315 g/mol. The first-order valence-corrected chi connectivity index (χ1v) is 8.05. The highest BCUT2D eigenvalue weighted by Gasteiger charge is 2.32. The van der Waals surface area contributed by atoms with E-state index in [2.05, 4.69) is 37.9 Å². The molecule has 124 valence electrons. The molecule has 0 bridgehead atoms. The Morgan fingerprint density at radius 1 is 1.48 bits per heavy atom. The lowest BCUT2D eigenvalue weighted by Gasteiger charge is -2.33. The molecule has 6 nitrogen and oxygen atoms in total. The van der Waals surface area contributed by atoms with Gasteiger partial charge in [-0.05, 0) is 39.4 Å². The molecule has 0 spiro atoms. The highest BCUT2D eigenvalue weighted by atomic mass is 16.2. The molecule has 23 heavy (non-hydrogen) atoms. The van der Waals surface area contributed by atoms with Crippen LogP contribution in [0.2, 0.25) is 0 Å². The molecule has 2 N–H and O–H groups in total. The SMILES string of the molecule is Cc1cccn2c(C(C)(C)NC(=O)C3CN(C)CCN3)ncc12. The van der Waals surface area contributed by atoms with Gasteiger partial charge < -0.3 is 19.9 Å². The minimum atomic E-state index is -0.547. The average molecular weight is 315 g/mol. The third-order valence-corrected chi connectivity index (χ3v) is 4.47. The Kier molecular flexibility index (Phi) is 4.12. The normalized spacial score (nSPS) is 19.9. The lowest BCUT2D eigenvalue weighted by Crippen LogP contribution is -2.58. The van der Waals surface area contributed by atoms with E-state index >= 15 is 0 Å². The number of pyridine rings is 1. The molecular weight excluding hydrogens is 290 g/mol. The van der Waals surface area contributed by atoms with Crippen LogP contribution in [0.5, 0.6) is 0 Å². The summed E-state index contributed by atoms with van der Waals surface area (Å²) >= 11 is 0. The highest BCUT2D eigenvalue weighted by Crippen LogP contribution is 2.22. The van der Waals surface area contributed by atoms with Crippen LogP contribution in [0.25, 0.3) is 5.52 Å². The van der Waals surface area contributed by atoms with Gasteiger partial charge in [0.05, 0.1) is 23.3 Å². The zero-order valence-corrected chi connectivity index (χ0v) is 14.3. The highest BCUT2D eigenvalue weighted by molar-refractivity contribution is 5.83. The summed E-state index contributed by atoms with van der Waals surface area (Å²) in [7, 11) is 2.04. The molecule has 2 aromatic heterocycles. The lowest BCUT2D eigenvalue weighted by molar-refractivity contribution is -0.126. The van der Waals surface area contributed by atoms with E-state index in [0.717, 1.165) is 31.0 Å². The van der Waals surface area contributed by atoms with Crippen molar-refractivity contribution >= 4 is 11.4 Å². The van der Waals surface area contributed by atoms with Gasteiger partial charge >= 0.3 is 0 Å². The summed E-state index contributed by atoms with van der Waals surface area (Å²) in [6.45, 7) is 8.58. The number of nitrogens with one attached hydrogen (secondary N) is 2. The van der Waals surface area contributed by atoms with Crippen LogP contribution in [0.15, 0.2) is 24.5 Å². The standard InChI is InChI=1S/C17H25N5O/c1-12-6-5-8-22-14(12)10-19-16(22)17(2,3)20-15(23)13-11-21(4)9-7-18-13/h5-6,8,10,13,18H,7,9,11H2,1-4H3,(H,20,23). The molecule has 0 aliphatic carbocycles. The number of fused-ring (bicyclic) bond motifs is 1. The van der Waals surface area contributed by atoms with Crippen LogP contribution < -0.4 is 10.6 Å². The Morgan fingerprint density at radius 3 is 3.00 bits per heavy atom. The maximum absolute atomic E-state index is 12.6. The molecule has 0 radical (unpaired) electrons. The van der Waals surface area contributed by atoms with Crippen molar-refractivity contribution < 1.29 is 4.79 Å². The van der Waals surface area contributed by atoms with E-state index < -0.39 is 5.54 Å². The Labute approximate surface area is 136 Å². The molecule has 1 fully saturated rings. The minimum Gasteiger partial charge on any atom is -0.343 e. The summed E-state index contributed by atoms with van der Waals surface area (Å²) in [5, 5.41) is 6.43. The average Bonchev–Trinajstić information content (AvgIpc) is 2.93. The smallest absolute Gasteiger partial charge is 0.239 e. The maximum Gasteiger partial charge on any atom is 0.239 e. The number of carbonyl (C=O) groups is 1. The number of piperazine rings is 1. The molecule has 3 rings (SSSR count). The van der Waals surface area contributed by atoms with Crippen molar-refractivity contribution in [3.63, 3.8) is 0 Å². The van der Waals surface area contributed by atoms with Gasteiger partial charge in [0.25, 0.3) is 0 Å². The van der Waals surface area contributed by atoms with Gasteiger partial charge in [0, 0.05) is 25.8 Å². The van der Waals surface area contributed by atoms with Crippen LogP contribution in [0, 0.1) is 6.92 Å². The number of imidazole rings is 1. The van der Waals surface area contributed by atoms with Crippen molar-refractivity contribution in [3.05, 3.63) is 35.9 Å². The fourth-order valence-corrected chi connectivity index (χ4v) is 3.15. The number of hydrogen-bond donors (Lipinski definition) is 2. The van der Waals surface area contributed by atoms with E-state index in [4.69, 9.17) is 0 Å². The van der Waals surface area contributed by atoms with Gasteiger partial charge in [-0.1, -0.05) is 6.07 Å². The number of rotatable bonds is 3. The van der Waals surface area contributed by atoms with Crippen molar-refractivity contribution in [1.29, 1.82) is 0 Å². The predicted molar refractivity (Wildman–Crippen MR) is 90.4 cm³/mol. The van der Waals surface area contributed by atoms with Crippen LogP contribution in [0.1, 0.15) is 25.2 Å². The number of likely N-dealkylation sites (N-methyl/N-ethyl adjacent to an activating group) is 1. The second-order valence-electron chi connectivity index (χ2n) is 6.91. The van der Waals surface area contributed by atoms with E-state index in [9.17, 15) is 4.79 Å². The second kappa shape index (κ2) is 5.94. The zero-order valence-electron chi connectivity index (χ0n) is 14.3. The van der Waals surface area contributed by atoms with Gasteiger partial charge in [-0.3, -0.25) is 4.79 Å². The molecule has 1 saturated heterocycles. The van der Waals surface area contributed by atoms with Gasteiger partial charge in [-0.25, -0.2) is 4.98 Å². The van der Waals surface area contributed by atoms with Crippen LogP contribution in [0.4, 0.5) is 0 Å². The summed E-state index contributed by atoms with van der Waals surface area (Å²) in [5.41, 5.74) is 1.69. The van der Waals surface area contributed by atoms with E-state index in [0.29, 0.717) is 0 Å². The number of nitrogens with zero attached hydrogens (tertiary/aromatic N) is 3. The fraction of sp³-hybridized carbons (Fsp3) is 0.529. The predicted octanol–water partition coefficient (Wildman–Crippen LogP) is 0.898. The van der Waals surface area contributed by atoms with Gasteiger partial charge in [0.1, 0.15) is 5.82 Å². The van der Waals surface area contributed by atoms with Gasteiger partial charge in [-0.2, -0.15) is 0 Å². The number of hydrogen-bond acceptors (Lipinski definition) is 4. The quantitative estimate of drug-likeness (QED) is 0.883. The zero-order chi connectivity index (χ0) is 16.6. The van der Waals surface area contributed by atoms with Crippen LogP contribution in [-0.4, -0.2) is 52.9 Å². The van der Waals surface area contributed by atoms with Crippen LogP contribution in [-0.2, 0) is 10.3 Å². The van der Waals surface area contributed by atoms with Crippen molar-refractivity contribution in [1.82, 2.24) is 24.9 Å². The van der Waals surface area contributed by atoms with E-state index in [-0.39, 0.29) is 11.9 Å². The first-order valence-electron chi connectivity index (χ1n) is 8.05. The minimum absolute atomic E-state index is 0.0194. The third-order valence-electron chi connectivity index (χ3n) is 4.47. The van der Waals surface area contributed by atoms with Gasteiger partial charge in [0.2, 0.25) is 5.91 Å². The Bertz CT molecular complexity index is 721. The van der Waals surface area contributed by atoms with Crippen molar-refractivity contribution in [2.75, 3.05) is 26.7 Å². The number of amides is 1. The van der Waals surface area contributed by atoms with E-state index in [1.165, 1.54) is 5.56 Å². The van der Waals surface area contributed by atoms with E-state index in [1.54, 1.807) is 0 Å². The molecule has 1 unspecified atom stereocenters. The summed E-state index contributed by atoms with van der Waals surface area (Å²) in [6, 6.07) is 3.89. The van der Waals surface area contributed by atoms with Crippen molar-refractivity contribution in [2.24, 2.45) is 0 Å².